The number of para-hydroxylation sites is 1. The summed E-state index contributed by atoms with van der Waals surface area (Å²) in [4.78, 5) is 15.3. The van der Waals surface area contributed by atoms with E-state index in [4.69, 9.17) is 9.47 Å². The first-order valence-corrected chi connectivity index (χ1v) is 9.97. The first-order chi connectivity index (χ1) is 15.2. The van der Waals surface area contributed by atoms with Crippen LogP contribution in [0.3, 0.4) is 0 Å². The van der Waals surface area contributed by atoms with E-state index in [0.717, 1.165) is 28.1 Å². The number of benzene rings is 3. The quantitative estimate of drug-likeness (QED) is 0.510. The van der Waals surface area contributed by atoms with Crippen LogP contribution in [0.2, 0.25) is 0 Å². The summed E-state index contributed by atoms with van der Waals surface area (Å²) in [6.45, 7) is 0. The maximum absolute atomic E-state index is 13.5. The van der Waals surface area contributed by atoms with E-state index in [-0.39, 0.29) is 11.9 Å². The molecule has 2 heterocycles. The van der Waals surface area contributed by atoms with E-state index in [0.29, 0.717) is 17.2 Å². The fraction of sp³-hybridized carbons (Fsp3) is 0.120. The molecule has 6 heteroatoms. The van der Waals surface area contributed by atoms with Gasteiger partial charge in [-0.05, 0) is 29.8 Å². The maximum atomic E-state index is 13.5. The number of carbonyl (C=O) groups is 1. The third-order valence-corrected chi connectivity index (χ3v) is 5.57. The lowest BCUT2D eigenvalue weighted by molar-refractivity contribution is 0.0988. The van der Waals surface area contributed by atoms with Gasteiger partial charge < -0.3 is 9.47 Å². The summed E-state index contributed by atoms with van der Waals surface area (Å²) in [5.74, 6) is 1.13. The monoisotopic (exact) mass is 411 g/mol. The number of hydrogen-bond donors (Lipinski definition) is 1. The molecule has 31 heavy (non-hydrogen) atoms. The van der Waals surface area contributed by atoms with Crippen LogP contribution in [0, 0.1) is 0 Å². The third-order valence-electron chi connectivity index (χ3n) is 5.57. The SMILES string of the molecule is COc1ccc([C@@H]2c3c(-c4ccccc4)n[nH]c3C(=O)N2c2ccccc2)cc1OC. The minimum atomic E-state index is -0.362. The van der Waals surface area contributed by atoms with E-state index in [2.05, 4.69) is 10.2 Å². The molecule has 1 atom stereocenters. The second-order valence-electron chi connectivity index (χ2n) is 7.25. The summed E-state index contributed by atoms with van der Waals surface area (Å²) >= 11 is 0. The lowest BCUT2D eigenvalue weighted by Gasteiger charge is -2.27. The van der Waals surface area contributed by atoms with Gasteiger partial charge in [0.15, 0.2) is 11.5 Å². The fourth-order valence-electron chi connectivity index (χ4n) is 4.16. The van der Waals surface area contributed by atoms with Crippen LogP contribution >= 0.6 is 0 Å². The summed E-state index contributed by atoms with van der Waals surface area (Å²) in [5, 5.41) is 7.50. The van der Waals surface area contributed by atoms with Gasteiger partial charge in [-0.3, -0.25) is 14.8 Å². The Hall–Kier alpha value is -4.06. The van der Waals surface area contributed by atoms with Crippen LogP contribution in [0.4, 0.5) is 5.69 Å². The van der Waals surface area contributed by atoms with Crippen molar-refractivity contribution >= 4 is 11.6 Å². The van der Waals surface area contributed by atoms with Crippen LogP contribution < -0.4 is 14.4 Å². The molecule has 1 aliphatic heterocycles. The zero-order valence-corrected chi connectivity index (χ0v) is 17.2. The number of hydrogen-bond acceptors (Lipinski definition) is 4. The predicted molar refractivity (Wildman–Crippen MR) is 119 cm³/mol. The van der Waals surface area contributed by atoms with Gasteiger partial charge in [0.05, 0.1) is 26.0 Å². The van der Waals surface area contributed by atoms with E-state index < -0.39 is 0 Å². The Kier molecular flexibility index (Phi) is 4.67. The van der Waals surface area contributed by atoms with Crippen molar-refractivity contribution in [1.82, 2.24) is 10.2 Å². The number of aromatic nitrogens is 2. The second kappa shape index (κ2) is 7.65. The highest BCUT2D eigenvalue weighted by Gasteiger charge is 2.43. The maximum Gasteiger partial charge on any atom is 0.277 e. The molecule has 0 saturated carbocycles. The lowest BCUT2D eigenvalue weighted by atomic mass is 9.95. The van der Waals surface area contributed by atoms with Gasteiger partial charge in [0.2, 0.25) is 0 Å². The van der Waals surface area contributed by atoms with Crippen molar-refractivity contribution in [2.75, 3.05) is 19.1 Å². The van der Waals surface area contributed by atoms with Gasteiger partial charge in [-0.1, -0.05) is 54.6 Å². The Labute approximate surface area is 180 Å². The van der Waals surface area contributed by atoms with E-state index in [9.17, 15) is 4.79 Å². The smallest absolute Gasteiger partial charge is 0.277 e. The molecule has 1 aromatic heterocycles. The van der Waals surface area contributed by atoms with Crippen molar-refractivity contribution in [3.63, 3.8) is 0 Å². The van der Waals surface area contributed by atoms with E-state index in [1.165, 1.54) is 0 Å². The molecule has 0 spiro atoms. The topological polar surface area (TPSA) is 67.5 Å². The first kappa shape index (κ1) is 18.9. The molecule has 6 nitrogen and oxygen atoms in total. The molecule has 0 bridgehead atoms. The zero-order valence-electron chi connectivity index (χ0n) is 17.2. The number of rotatable bonds is 5. The lowest BCUT2D eigenvalue weighted by Crippen LogP contribution is -2.29. The average molecular weight is 411 g/mol. The molecule has 0 radical (unpaired) electrons. The Morgan fingerprint density at radius 2 is 1.55 bits per heavy atom. The molecule has 154 valence electrons. The molecule has 3 aromatic carbocycles. The fourth-order valence-corrected chi connectivity index (χ4v) is 4.16. The Balaban J connectivity index is 1.74. The average Bonchev–Trinajstić information content (AvgIpc) is 3.38. The molecule has 1 N–H and O–H groups in total. The number of nitrogens with one attached hydrogen (secondary N) is 1. The minimum Gasteiger partial charge on any atom is -0.493 e. The number of amides is 1. The number of nitrogens with zero attached hydrogens (tertiary/aromatic N) is 2. The number of carbonyl (C=O) groups excluding carboxylic acids is 1. The van der Waals surface area contributed by atoms with Crippen molar-refractivity contribution in [2.24, 2.45) is 0 Å². The molecule has 0 saturated heterocycles. The van der Waals surface area contributed by atoms with E-state index >= 15 is 0 Å². The highest BCUT2D eigenvalue weighted by atomic mass is 16.5. The Morgan fingerprint density at radius 1 is 0.871 bits per heavy atom. The number of ether oxygens (including phenoxy) is 2. The highest BCUT2D eigenvalue weighted by molar-refractivity contribution is 6.11. The molecule has 4 aromatic rings. The van der Waals surface area contributed by atoms with Crippen molar-refractivity contribution in [1.29, 1.82) is 0 Å². The van der Waals surface area contributed by atoms with Crippen molar-refractivity contribution in [2.45, 2.75) is 6.04 Å². The van der Waals surface area contributed by atoms with Crippen LogP contribution in [0.15, 0.2) is 78.9 Å². The normalized spacial score (nSPS) is 15.1. The minimum absolute atomic E-state index is 0.115. The summed E-state index contributed by atoms with van der Waals surface area (Å²) in [7, 11) is 3.21. The van der Waals surface area contributed by atoms with Crippen LogP contribution in [-0.4, -0.2) is 30.3 Å². The van der Waals surface area contributed by atoms with Crippen LogP contribution in [0.1, 0.15) is 27.7 Å². The van der Waals surface area contributed by atoms with E-state index in [1.807, 2.05) is 78.9 Å². The molecular formula is C25H21N3O3. The first-order valence-electron chi connectivity index (χ1n) is 9.97. The number of H-pyrrole nitrogens is 1. The van der Waals surface area contributed by atoms with Gasteiger partial charge >= 0.3 is 0 Å². The van der Waals surface area contributed by atoms with Gasteiger partial charge in [0, 0.05) is 16.8 Å². The summed E-state index contributed by atoms with van der Waals surface area (Å²) in [6.07, 6.45) is 0. The molecule has 0 fully saturated rings. The predicted octanol–water partition coefficient (Wildman–Crippen LogP) is 4.84. The largest absolute Gasteiger partial charge is 0.493 e. The summed E-state index contributed by atoms with van der Waals surface area (Å²) in [6, 6.07) is 24.9. The van der Waals surface area contributed by atoms with Gasteiger partial charge in [-0.2, -0.15) is 5.10 Å². The summed E-state index contributed by atoms with van der Waals surface area (Å²) in [5.41, 5.74) is 4.80. The third kappa shape index (κ3) is 3.04. The van der Waals surface area contributed by atoms with Crippen molar-refractivity contribution in [3.8, 4) is 22.8 Å². The number of fused-ring (bicyclic) bond motifs is 1. The van der Waals surface area contributed by atoms with Gasteiger partial charge in [-0.25, -0.2) is 0 Å². The van der Waals surface area contributed by atoms with Crippen LogP contribution in [0.5, 0.6) is 11.5 Å². The number of aromatic amines is 1. The van der Waals surface area contributed by atoms with Crippen LogP contribution in [-0.2, 0) is 0 Å². The Morgan fingerprint density at radius 3 is 2.23 bits per heavy atom. The highest BCUT2D eigenvalue weighted by Crippen LogP contribution is 2.46. The number of methoxy groups -OCH3 is 2. The summed E-state index contributed by atoms with van der Waals surface area (Å²) < 4.78 is 10.9. The van der Waals surface area contributed by atoms with Gasteiger partial charge in [0.25, 0.3) is 5.91 Å². The molecular weight excluding hydrogens is 390 g/mol. The number of anilines is 1. The Bertz CT molecular complexity index is 1240. The van der Waals surface area contributed by atoms with Gasteiger partial charge in [0.1, 0.15) is 5.69 Å². The van der Waals surface area contributed by atoms with Crippen molar-refractivity contribution in [3.05, 3.63) is 95.7 Å². The molecule has 0 unspecified atom stereocenters. The van der Waals surface area contributed by atoms with Crippen LogP contribution in [0.25, 0.3) is 11.3 Å². The molecule has 1 amide bonds. The van der Waals surface area contributed by atoms with Crippen molar-refractivity contribution < 1.29 is 14.3 Å². The zero-order chi connectivity index (χ0) is 21.4. The van der Waals surface area contributed by atoms with Gasteiger partial charge in [-0.15, -0.1) is 0 Å². The molecule has 1 aliphatic rings. The second-order valence-corrected chi connectivity index (χ2v) is 7.25. The van der Waals surface area contributed by atoms with E-state index in [1.54, 1.807) is 19.1 Å². The standard InChI is InChI=1S/C25H21N3O3/c1-30-19-14-13-17(15-20(19)31-2)24-21-22(16-9-5-3-6-10-16)26-27-23(21)25(29)28(24)18-11-7-4-8-12-18/h3-15,24H,1-2H3,(H,26,27)/t24-/m1/s1. The molecule has 5 rings (SSSR count). The molecule has 0 aliphatic carbocycles.